The van der Waals surface area contributed by atoms with Crippen molar-refractivity contribution >= 4 is 17.4 Å². The van der Waals surface area contributed by atoms with E-state index in [2.05, 4.69) is 15.6 Å². The molecule has 0 radical (unpaired) electrons. The van der Waals surface area contributed by atoms with Crippen LogP contribution in [0.4, 0.5) is 5.82 Å². The molecular formula is C10H14ClN3. The largest absolute Gasteiger partial charge is 0.366 e. The summed E-state index contributed by atoms with van der Waals surface area (Å²) >= 11 is 6.00. The van der Waals surface area contributed by atoms with Crippen molar-refractivity contribution in [2.45, 2.75) is 18.9 Å². The number of hydrogen-bond acceptors (Lipinski definition) is 3. The van der Waals surface area contributed by atoms with E-state index in [9.17, 15) is 0 Å². The fraction of sp³-hybridized carbons (Fsp3) is 0.500. The summed E-state index contributed by atoms with van der Waals surface area (Å²) in [4.78, 5) is 4.21. The molecule has 0 aliphatic carbocycles. The average molecular weight is 212 g/mol. The van der Waals surface area contributed by atoms with E-state index in [-0.39, 0.29) is 0 Å². The van der Waals surface area contributed by atoms with Crippen molar-refractivity contribution in [2.75, 3.05) is 18.4 Å². The van der Waals surface area contributed by atoms with E-state index >= 15 is 0 Å². The highest BCUT2D eigenvalue weighted by molar-refractivity contribution is 6.32. The number of halogens is 1. The highest BCUT2D eigenvalue weighted by atomic mass is 35.5. The van der Waals surface area contributed by atoms with Crippen LogP contribution in [-0.4, -0.2) is 24.1 Å². The average Bonchev–Trinajstić information content (AvgIpc) is 2.23. The Morgan fingerprint density at radius 1 is 1.43 bits per heavy atom. The lowest BCUT2D eigenvalue weighted by Crippen LogP contribution is -2.35. The second-order valence-electron chi connectivity index (χ2n) is 3.50. The van der Waals surface area contributed by atoms with E-state index in [1.165, 1.54) is 0 Å². The van der Waals surface area contributed by atoms with Gasteiger partial charge in [0, 0.05) is 12.2 Å². The maximum absolute atomic E-state index is 6.00. The minimum Gasteiger partial charge on any atom is -0.366 e. The standard InChI is InChI=1S/C10H14ClN3/c11-9-2-1-5-13-10(9)14-8-3-6-12-7-4-8/h1-2,5,8,12H,3-4,6-7H2,(H,13,14). The number of aromatic nitrogens is 1. The molecule has 2 heterocycles. The van der Waals surface area contributed by atoms with Crippen molar-refractivity contribution < 1.29 is 0 Å². The normalized spacial score (nSPS) is 18.1. The van der Waals surface area contributed by atoms with Crippen molar-refractivity contribution in [3.63, 3.8) is 0 Å². The zero-order valence-corrected chi connectivity index (χ0v) is 8.72. The Morgan fingerprint density at radius 3 is 2.93 bits per heavy atom. The van der Waals surface area contributed by atoms with Gasteiger partial charge < -0.3 is 10.6 Å². The number of anilines is 1. The van der Waals surface area contributed by atoms with Crippen molar-refractivity contribution in [1.29, 1.82) is 0 Å². The van der Waals surface area contributed by atoms with Gasteiger partial charge in [0.2, 0.25) is 0 Å². The van der Waals surface area contributed by atoms with Gasteiger partial charge in [-0.2, -0.15) is 0 Å². The summed E-state index contributed by atoms with van der Waals surface area (Å²) in [7, 11) is 0. The first kappa shape index (κ1) is 9.74. The molecule has 0 unspecified atom stereocenters. The molecule has 1 aromatic heterocycles. The number of nitrogens with zero attached hydrogens (tertiary/aromatic N) is 1. The molecular weight excluding hydrogens is 198 g/mol. The quantitative estimate of drug-likeness (QED) is 0.785. The minimum absolute atomic E-state index is 0.503. The van der Waals surface area contributed by atoms with Crippen LogP contribution in [0.1, 0.15) is 12.8 Å². The van der Waals surface area contributed by atoms with Gasteiger partial charge in [-0.1, -0.05) is 11.6 Å². The van der Waals surface area contributed by atoms with Crippen LogP contribution in [0.3, 0.4) is 0 Å². The lowest BCUT2D eigenvalue weighted by atomic mass is 10.1. The molecule has 0 aromatic carbocycles. The summed E-state index contributed by atoms with van der Waals surface area (Å²) in [6.07, 6.45) is 4.02. The Labute approximate surface area is 88.9 Å². The van der Waals surface area contributed by atoms with E-state index in [0.717, 1.165) is 31.7 Å². The van der Waals surface area contributed by atoms with Crippen LogP contribution in [0.25, 0.3) is 0 Å². The lowest BCUT2D eigenvalue weighted by Gasteiger charge is -2.24. The van der Waals surface area contributed by atoms with Gasteiger partial charge in [0.25, 0.3) is 0 Å². The molecule has 2 rings (SSSR count). The Bertz CT molecular complexity index is 297. The fourth-order valence-electron chi connectivity index (χ4n) is 1.65. The Kier molecular flexibility index (Phi) is 3.22. The highest BCUT2D eigenvalue weighted by Gasteiger charge is 2.13. The van der Waals surface area contributed by atoms with Crippen molar-refractivity contribution in [1.82, 2.24) is 10.3 Å². The van der Waals surface area contributed by atoms with Crippen LogP contribution in [0, 0.1) is 0 Å². The molecule has 0 saturated carbocycles. The summed E-state index contributed by atoms with van der Waals surface area (Å²) in [5.41, 5.74) is 0. The minimum atomic E-state index is 0.503. The van der Waals surface area contributed by atoms with Gasteiger partial charge >= 0.3 is 0 Å². The van der Waals surface area contributed by atoms with Gasteiger partial charge in [-0.3, -0.25) is 0 Å². The van der Waals surface area contributed by atoms with E-state index in [1.807, 2.05) is 12.1 Å². The second kappa shape index (κ2) is 4.62. The number of rotatable bonds is 2. The Hall–Kier alpha value is -0.800. The summed E-state index contributed by atoms with van der Waals surface area (Å²) < 4.78 is 0. The molecule has 14 heavy (non-hydrogen) atoms. The third-order valence-electron chi connectivity index (χ3n) is 2.44. The molecule has 0 amide bonds. The van der Waals surface area contributed by atoms with Crippen LogP contribution in [0.5, 0.6) is 0 Å². The van der Waals surface area contributed by atoms with Gasteiger partial charge in [0.15, 0.2) is 0 Å². The summed E-state index contributed by atoms with van der Waals surface area (Å²) in [6.45, 7) is 2.14. The highest BCUT2D eigenvalue weighted by Crippen LogP contribution is 2.20. The SMILES string of the molecule is Clc1cccnc1NC1CCNCC1. The second-order valence-corrected chi connectivity index (χ2v) is 3.91. The van der Waals surface area contributed by atoms with E-state index in [4.69, 9.17) is 11.6 Å². The topological polar surface area (TPSA) is 37.0 Å². The van der Waals surface area contributed by atoms with Crippen LogP contribution in [-0.2, 0) is 0 Å². The molecule has 0 spiro atoms. The predicted octanol–water partition coefficient (Wildman–Crippen LogP) is 1.90. The maximum atomic E-state index is 6.00. The zero-order chi connectivity index (χ0) is 9.80. The molecule has 1 aromatic rings. The van der Waals surface area contributed by atoms with Crippen molar-refractivity contribution in [3.05, 3.63) is 23.4 Å². The molecule has 2 N–H and O–H groups in total. The predicted molar refractivity (Wildman–Crippen MR) is 58.8 cm³/mol. The van der Waals surface area contributed by atoms with Crippen LogP contribution in [0.15, 0.2) is 18.3 Å². The molecule has 76 valence electrons. The van der Waals surface area contributed by atoms with E-state index < -0.39 is 0 Å². The summed E-state index contributed by atoms with van der Waals surface area (Å²) in [5, 5.41) is 7.39. The van der Waals surface area contributed by atoms with Gasteiger partial charge in [0.05, 0.1) is 5.02 Å². The van der Waals surface area contributed by atoms with E-state index in [1.54, 1.807) is 6.20 Å². The molecule has 4 heteroatoms. The number of nitrogens with one attached hydrogen (secondary N) is 2. The smallest absolute Gasteiger partial charge is 0.144 e. The van der Waals surface area contributed by atoms with Crippen LogP contribution >= 0.6 is 11.6 Å². The molecule has 3 nitrogen and oxygen atoms in total. The number of hydrogen-bond donors (Lipinski definition) is 2. The van der Waals surface area contributed by atoms with Gasteiger partial charge in [-0.25, -0.2) is 4.98 Å². The first-order valence-corrected chi connectivity index (χ1v) is 5.32. The number of pyridine rings is 1. The summed E-state index contributed by atoms with van der Waals surface area (Å²) in [5.74, 6) is 0.807. The summed E-state index contributed by atoms with van der Waals surface area (Å²) in [6, 6.07) is 4.21. The Morgan fingerprint density at radius 2 is 2.21 bits per heavy atom. The first-order chi connectivity index (χ1) is 6.86. The van der Waals surface area contributed by atoms with E-state index in [0.29, 0.717) is 11.1 Å². The molecule has 0 bridgehead atoms. The van der Waals surface area contributed by atoms with Crippen LogP contribution < -0.4 is 10.6 Å². The number of piperidine rings is 1. The first-order valence-electron chi connectivity index (χ1n) is 4.94. The maximum Gasteiger partial charge on any atom is 0.144 e. The van der Waals surface area contributed by atoms with Gasteiger partial charge in [-0.15, -0.1) is 0 Å². The van der Waals surface area contributed by atoms with Gasteiger partial charge in [-0.05, 0) is 38.1 Å². The monoisotopic (exact) mass is 211 g/mol. The molecule has 1 fully saturated rings. The molecule has 1 saturated heterocycles. The van der Waals surface area contributed by atoms with Gasteiger partial charge in [0.1, 0.15) is 5.82 Å². The lowest BCUT2D eigenvalue weighted by molar-refractivity contribution is 0.478. The van der Waals surface area contributed by atoms with Crippen LogP contribution in [0.2, 0.25) is 5.02 Å². The molecule has 0 atom stereocenters. The molecule has 1 aliphatic rings. The van der Waals surface area contributed by atoms with Crippen molar-refractivity contribution in [2.24, 2.45) is 0 Å². The zero-order valence-electron chi connectivity index (χ0n) is 7.96. The van der Waals surface area contributed by atoms with Crippen molar-refractivity contribution in [3.8, 4) is 0 Å². The Balaban J connectivity index is 1.99. The third-order valence-corrected chi connectivity index (χ3v) is 2.74. The molecule has 1 aliphatic heterocycles. The third kappa shape index (κ3) is 2.36. The fourth-order valence-corrected chi connectivity index (χ4v) is 1.83.